The Balaban J connectivity index is 2.81. The van der Waals surface area contributed by atoms with Gasteiger partial charge in [-0.2, -0.15) is 0 Å². The minimum absolute atomic E-state index is 0.253. The maximum absolute atomic E-state index is 10.2. The molecule has 0 spiro atoms. The van der Waals surface area contributed by atoms with E-state index >= 15 is 0 Å². The Hall–Kier alpha value is -1.13. The molecule has 84 valence electrons. The number of nitrogens with two attached hydrogens (primary N) is 1. The molecule has 0 saturated carbocycles. The number of methoxy groups -OCH3 is 1. The van der Waals surface area contributed by atoms with Crippen molar-refractivity contribution >= 4 is 5.69 Å². The van der Waals surface area contributed by atoms with E-state index in [0.717, 1.165) is 5.56 Å². The first kappa shape index (κ1) is 11.9. The van der Waals surface area contributed by atoms with Crippen LogP contribution in [-0.4, -0.2) is 28.9 Å². The van der Waals surface area contributed by atoms with Crippen molar-refractivity contribution in [3.63, 3.8) is 0 Å². The Kier molecular flexibility index (Phi) is 3.66. The van der Waals surface area contributed by atoms with Crippen LogP contribution in [0, 0.1) is 0 Å². The van der Waals surface area contributed by atoms with E-state index in [1.165, 1.54) is 0 Å². The van der Waals surface area contributed by atoms with Gasteiger partial charge in [-0.3, -0.25) is 4.98 Å². The van der Waals surface area contributed by atoms with Gasteiger partial charge in [-0.25, -0.2) is 0 Å². The van der Waals surface area contributed by atoms with Crippen LogP contribution in [0.4, 0.5) is 5.69 Å². The van der Waals surface area contributed by atoms with E-state index in [2.05, 4.69) is 4.98 Å². The highest BCUT2D eigenvalue weighted by Crippen LogP contribution is 2.21. The summed E-state index contributed by atoms with van der Waals surface area (Å²) in [4.78, 5) is 3.98. The second kappa shape index (κ2) is 4.59. The molecule has 0 aliphatic carbocycles. The highest BCUT2D eigenvalue weighted by Gasteiger charge is 2.29. The van der Waals surface area contributed by atoms with Crippen molar-refractivity contribution in [3.05, 3.63) is 24.0 Å². The second-order valence-electron chi connectivity index (χ2n) is 3.99. The molecule has 0 radical (unpaired) electrons. The highest BCUT2D eigenvalue weighted by atomic mass is 16.5. The molecule has 1 aromatic heterocycles. The molecule has 3 N–H and O–H groups in total. The van der Waals surface area contributed by atoms with Gasteiger partial charge in [-0.1, -0.05) is 0 Å². The summed E-state index contributed by atoms with van der Waals surface area (Å²) in [6.07, 6.45) is 3.48. The fraction of sp³-hybridized carbons (Fsp3) is 0.545. The highest BCUT2D eigenvalue weighted by molar-refractivity contribution is 5.45. The fourth-order valence-electron chi connectivity index (χ4n) is 1.37. The van der Waals surface area contributed by atoms with Crippen molar-refractivity contribution < 1.29 is 9.84 Å². The summed E-state index contributed by atoms with van der Waals surface area (Å²) in [5.74, 6) is 0. The van der Waals surface area contributed by atoms with Gasteiger partial charge in [0.1, 0.15) is 0 Å². The van der Waals surface area contributed by atoms with Crippen molar-refractivity contribution in [3.8, 4) is 0 Å². The third kappa shape index (κ3) is 2.91. The Morgan fingerprint density at radius 3 is 2.87 bits per heavy atom. The number of nitrogens with zero attached hydrogens (tertiary/aromatic N) is 1. The number of aliphatic hydroxyl groups is 1. The molecule has 1 aromatic rings. The smallest absolute Gasteiger partial charge is 0.0918 e. The standard InChI is InChI=1S/C11H18N2O2/c1-8(15-3)11(2,14)6-9-7-13-5-4-10(9)12/h4-5,7-8,14H,6H2,1-3H3,(H2,12,13). The third-order valence-electron chi connectivity index (χ3n) is 2.72. The van der Waals surface area contributed by atoms with Crippen molar-refractivity contribution in [2.24, 2.45) is 0 Å². The molecule has 0 bridgehead atoms. The largest absolute Gasteiger partial charge is 0.398 e. The molecule has 0 fully saturated rings. The zero-order chi connectivity index (χ0) is 11.5. The van der Waals surface area contributed by atoms with Gasteiger partial charge in [0.25, 0.3) is 0 Å². The molecule has 4 heteroatoms. The van der Waals surface area contributed by atoms with E-state index < -0.39 is 5.60 Å². The summed E-state index contributed by atoms with van der Waals surface area (Å²) in [7, 11) is 1.58. The third-order valence-corrected chi connectivity index (χ3v) is 2.72. The number of ether oxygens (including phenoxy) is 1. The van der Waals surface area contributed by atoms with Crippen LogP contribution in [0.5, 0.6) is 0 Å². The number of rotatable bonds is 4. The van der Waals surface area contributed by atoms with Crippen LogP contribution in [-0.2, 0) is 11.2 Å². The topological polar surface area (TPSA) is 68.4 Å². The van der Waals surface area contributed by atoms with Crippen molar-refractivity contribution in [2.45, 2.75) is 32.0 Å². The van der Waals surface area contributed by atoms with Crippen molar-refractivity contribution in [1.29, 1.82) is 0 Å². The minimum atomic E-state index is -0.939. The Bertz CT molecular complexity index is 326. The van der Waals surface area contributed by atoms with Gasteiger partial charge < -0.3 is 15.6 Å². The molecule has 0 aliphatic heterocycles. The number of nitrogen functional groups attached to an aromatic ring is 1. The Labute approximate surface area is 90.1 Å². The van der Waals surface area contributed by atoms with Gasteiger partial charge in [-0.15, -0.1) is 0 Å². The molecule has 0 saturated heterocycles. The van der Waals surface area contributed by atoms with E-state index in [-0.39, 0.29) is 6.10 Å². The lowest BCUT2D eigenvalue weighted by Crippen LogP contribution is -2.40. The molecule has 0 aromatic carbocycles. The molecule has 4 nitrogen and oxygen atoms in total. The van der Waals surface area contributed by atoms with E-state index in [1.54, 1.807) is 32.5 Å². The maximum atomic E-state index is 10.2. The summed E-state index contributed by atoms with van der Waals surface area (Å²) in [5, 5.41) is 10.2. The van der Waals surface area contributed by atoms with Crippen LogP contribution in [0.3, 0.4) is 0 Å². The lowest BCUT2D eigenvalue weighted by atomic mass is 9.92. The van der Waals surface area contributed by atoms with E-state index in [0.29, 0.717) is 12.1 Å². The SMILES string of the molecule is COC(C)C(C)(O)Cc1cnccc1N. The molecule has 1 heterocycles. The molecule has 0 amide bonds. The first-order valence-corrected chi connectivity index (χ1v) is 4.91. The average molecular weight is 210 g/mol. The second-order valence-corrected chi connectivity index (χ2v) is 3.99. The Morgan fingerprint density at radius 1 is 1.67 bits per heavy atom. The van der Waals surface area contributed by atoms with Gasteiger partial charge in [0.2, 0.25) is 0 Å². The minimum Gasteiger partial charge on any atom is -0.398 e. The number of pyridine rings is 1. The zero-order valence-electron chi connectivity index (χ0n) is 9.40. The van der Waals surface area contributed by atoms with E-state index in [4.69, 9.17) is 10.5 Å². The summed E-state index contributed by atoms with van der Waals surface area (Å²) in [6.45, 7) is 3.56. The molecule has 2 unspecified atom stereocenters. The van der Waals surface area contributed by atoms with Crippen LogP contribution in [0.1, 0.15) is 19.4 Å². The zero-order valence-corrected chi connectivity index (χ0v) is 9.40. The summed E-state index contributed by atoms with van der Waals surface area (Å²) >= 11 is 0. The normalized spacial score (nSPS) is 17.1. The number of hydrogen-bond donors (Lipinski definition) is 2. The molecular formula is C11H18N2O2. The van der Waals surface area contributed by atoms with Crippen LogP contribution < -0.4 is 5.73 Å². The van der Waals surface area contributed by atoms with E-state index in [9.17, 15) is 5.11 Å². The molecular weight excluding hydrogens is 192 g/mol. The lowest BCUT2D eigenvalue weighted by molar-refractivity contribution is -0.0715. The van der Waals surface area contributed by atoms with Crippen molar-refractivity contribution in [2.75, 3.05) is 12.8 Å². The van der Waals surface area contributed by atoms with E-state index in [1.807, 2.05) is 6.92 Å². The quantitative estimate of drug-likeness (QED) is 0.777. The summed E-state index contributed by atoms with van der Waals surface area (Å²) in [5.41, 5.74) is 6.32. The van der Waals surface area contributed by atoms with Gasteiger partial charge in [0.05, 0.1) is 11.7 Å². The Morgan fingerprint density at radius 2 is 2.33 bits per heavy atom. The number of aromatic nitrogens is 1. The van der Waals surface area contributed by atoms with Crippen molar-refractivity contribution in [1.82, 2.24) is 4.98 Å². The predicted octanol–water partition coefficient (Wildman–Crippen LogP) is 0.992. The number of hydrogen-bond acceptors (Lipinski definition) is 4. The lowest BCUT2D eigenvalue weighted by Gasteiger charge is -2.29. The molecule has 1 rings (SSSR count). The molecule has 15 heavy (non-hydrogen) atoms. The summed E-state index contributed by atoms with van der Waals surface area (Å²) in [6, 6.07) is 1.73. The van der Waals surface area contributed by atoms with Gasteiger partial charge in [0, 0.05) is 31.6 Å². The maximum Gasteiger partial charge on any atom is 0.0918 e. The fourth-order valence-corrected chi connectivity index (χ4v) is 1.37. The molecule has 2 atom stereocenters. The van der Waals surface area contributed by atoms with Crippen LogP contribution in [0.15, 0.2) is 18.5 Å². The average Bonchev–Trinajstić information content (AvgIpc) is 2.20. The van der Waals surface area contributed by atoms with Gasteiger partial charge in [-0.05, 0) is 25.5 Å². The first-order valence-electron chi connectivity index (χ1n) is 4.91. The van der Waals surface area contributed by atoms with Crippen LogP contribution in [0.2, 0.25) is 0 Å². The van der Waals surface area contributed by atoms with Gasteiger partial charge >= 0.3 is 0 Å². The van der Waals surface area contributed by atoms with Crippen LogP contribution >= 0.6 is 0 Å². The predicted molar refractivity (Wildman–Crippen MR) is 59.4 cm³/mol. The summed E-state index contributed by atoms with van der Waals surface area (Å²) < 4.78 is 5.12. The first-order chi connectivity index (χ1) is 6.97. The van der Waals surface area contributed by atoms with Gasteiger partial charge in [0.15, 0.2) is 0 Å². The molecule has 0 aliphatic rings. The van der Waals surface area contributed by atoms with Crippen LogP contribution in [0.25, 0.3) is 0 Å². The monoisotopic (exact) mass is 210 g/mol. The number of anilines is 1.